The van der Waals surface area contributed by atoms with Crippen LogP contribution in [0, 0.1) is 11.8 Å². The summed E-state index contributed by atoms with van der Waals surface area (Å²) in [5, 5.41) is 11.5. The molecule has 0 aliphatic carbocycles. The second kappa shape index (κ2) is 7.13. The van der Waals surface area contributed by atoms with Gasteiger partial charge >= 0.3 is 0 Å². The Morgan fingerprint density at radius 1 is 1.05 bits per heavy atom. The maximum absolute atomic E-state index is 12.0. The zero-order valence-electron chi connectivity index (χ0n) is 11.0. The minimum absolute atomic E-state index is 0.0601. The Morgan fingerprint density at radius 2 is 1.75 bits per heavy atom. The first kappa shape index (κ1) is 13.9. The number of anilines is 1. The van der Waals surface area contributed by atoms with Gasteiger partial charge in [-0.1, -0.05) is 30.0 Å². The van der Waals surface area contributed by atoms with Crippen LogP contribution in [0.1, 0.15) is 22.3 Å². The molecular formula is C17H15NO2. The van der Waals surface area contributed by atoms with E-state index < -0.39 is 0 Å². The molecule has 100 valence electrons. The predicted octanol–water partition coefficient (Wildman–Crippen LogP) is 2.67. The number of benzene rings is 2. The molecule has 0 radical (unpaired) electrons. The summed E-state index contributed by atoms with van der Waals surface area (Å²) in [5.74, 6) is 5.61. The van der Waals surface area contributed by atoms with Crippen molar-refractivity contribution in [2.75, 3.05) is 11.9 Å². The van der Waals surface area contributed by atoms with Crippen molar-refractivity contribution in [3.8, 4) is 11.8 Å². The van der Waals surface area contributed by atoms with Gasteiger partial charge in [0.1, 0.15) is 0 Å². The lowest BCUT2D eigenvalue weighted by Crippen LogP contribution is -2.11. The Balaban J connectivity index is 2.03. The number of aliphatic hydroxyl groups excluding tert-OH is 1. The summed E-state index contributed by atoms with van der Waals surface area (Å²) < 4.78 is 0. The van der Waals surface area contributed by atoms with Crippen LogP contribution in [0.4, 0.5) is 5.69 Å². The highest BCUT2D eigenvalue weighted by Gasteiger charge is 2.04. The summed E-state index contributed by atoms with van der Waals surface area (Å²) in [6.45, 7) is 0.0601. The van der Waals surface area contributed by atoms with Gasteiger partial charge in [0.2, 0.25) is 0 Å². The van der Waals surface area contributed by atoms with Gasteiger partial charge in [-0.2, -0.15) is 0 Å². The number of aliphatic hydroxyl groups is 1. The Hall–Kier alpha value is -2.57. The van der Waals surface area contributed by atoms with E-state index >= 15 is 0 Å². The highest BCUT2D eigenvalue weighted by Crippen LogP contribution is 2.09. The number of carbonyl (C=O) groups excluding carboxylic acids is 1. The average molecular weight is 265 g/mol. The molecule has 0 bridgehead atoms. The van der Waals surface area contributed by atoms with E-state index in [1.54, 1.807) is 24.3 Å². The standard InChI is InChI=1S/C17H15NO2/c19-13-5-4-6-14-9-11-15(12-10-14)17(20)18-16-7-2-1-3-8-16/h1-3,7-12,19H,5,13H2,(H,18,20). The lowest BCUT2D eigenvalue weighted by atomic mass is 10.1. The predicted molar refractivity (Wildman–Crippen MR) is 79.4 cm³/mol. The van der Waals surface area contributed by atoms with Crippen LogP contribution in [0.5, 0.6) is 0 Å². The van der Waals surface area contributed by atoms with Crippen LogP contribution in [0.15, 0.2) is 54.6 Å². The van der Waals surface area contributed by atoms with E-state index in [9.17, 15) is 4.79 Å². The Morgan fingerprint density at radius 3 is 2.40 bits per heavy atom. The number of carbonyl (C=O) groups is 1. The van der Waals surface area contributed by atoms with E-state index in [1.807, 2.05) is 30.3 Å². The molecule has 0 heterocycles. The van der Waals surface area contributed by atoms with Crippen molar-refractivity contribution in [3.05, 3.63) is 65.7 Å². The van der Waals surface area contributed by atoms with Crippen molar-refractivity contribution in [1.29, 1.82) is 0 Å². The summed E-state index contributed by atoms with van der Waals surface area (Å²) in [4.78, 5) is 12.0. The second-order valence-electron chi connectivity index (χ2n) is 4.17. The quantitative estimate of drug-likeness (QED) is 0.838. The zero-order chi connectivity index (χ0) is 14.2. The van der Waals surface area contributed by atoms with Gasteiger partial charge in [0, 0.05) is 23.2 Å². The maximum Gasteiger partial charge on any atom is 0.255 e. The normalized spacial score (nSPS) is 9.45. The number of amides is 1. The molecule has 0 spiro atoms. The molecule has 2 rings (SSSR count). The molecule has 0 saturated heterocycles. The van der Waals surface area contributed by atoms with Gasteiger partial charge < -0.3 is 10.4 Å². The zero-order valence-corrected chi connectivity index (χ0v) is 11.0. The first-order chi connectivity index (χ1) is 9.79. The van der Waals surface area contributed by atoms with Crippen LogP contribution >= 0.6 is 0 Å². The second-order valence-corrected chi connectivity index (χ2v) is 4.17. The third-order valence-electron chi connectivity index (χ3n) is 2.65. The number of hydrogen-bond donors (Lipinski definition) is 2. The fourth-order valence-corrected chi connectivity index (χ4v) is 1.65. The Kier molecular flexibility index (Phi) is 4.94. The smallest absolute Gasteiger partial charge is 0.255 e. The molecule has 0 aromatic heterocycles. The molecule has 3 heteroatoms. The summed E-state index contributed by atoms with van der Waals surface area (Å²) >= 11 is 0. The van der Waals surface area contributed by atoms with E-state index in [2.05, 4.69) is 17.2 Å². The first-order valence-corrected chi connectivity index (χ1v) is 6.36. The number of hydrogen-bond acceptors (Lipinski definition) is 2. The van der Waals surface area contributed by atoms with Crippen LogP contribution in [0.2, 0.25) is 0 Å². The van der Waals surface area contributed by atoms with E-state index in [0.29, 0.717) is 12.0 Å². The first-order valence-electron chi connectivity index (χ1n) is 6.36. The van der Waals surface area contributed by atoms with Crippen molar-refractivity contribution in [3.63, 3.8) is 0 Å². The van der Waals surface area contributed by atoms with Gasteiger partial charge in [0.25, 0.3) is 5.91 Å². The van der Waals surface area contributed by atoms with Gasteiger partial charge in [0.15, 0.2) is 0 Å². The van der Waals surface area contributed by atoms with Crippen LogP contribution < -0.4 is 5.32 Å². The van der Waals surface area contributed by atoms with Crippen molar-refractivity contribution in [1.82, 2.24) is 0 Å². The summed E-state index contributed by atoms with van der Waals surface area (Å²) in [6, 6.07) is 16.4. The van der Waals surface area contributed by atoms with E-state index in [1.165, 1.54) is 0 Å². The summed E-state index contributed by atoms with van der Waals surface area (Å²) in [5.41, 5.74) is 2.18. The molecule has 0 aliphatic rings. The largest absolute Gasteiger partial charge is 0.395 e. The highest BCUT2D eigenvalue weighted by atomic mass is 16.2. The molecule has 0 atom stereocenters. The van der Waals surface area contributed by atoms with Gasteiger partial charge in [0.05, 0.1) is 6.61 Å². The minimum atomic E-state index is -0.147. The molecule has 20 heavy (non-hydrogen) atoms. The third-order valence-corrected chi connectivity index (χ3v) is 2.65. The molecule has 0 saturated carbocycles. The molecule has 0 aliphatic heterocycles. The van der Waals surface area contributed by atoms with Gasteiger partial charge in [-0.05, 0) is 36.4 Å². The summed E-state index contributed by atoms with van der Waals surface area (Å²) in [7, 11) is 0. The van der Waals surface area contributed by atoms with E-state index in [-0.39, 0.29) is 12.5 Å². The Labute approximate surface area is 118 Å². The molecule has 1 amide bonds. The van der Waals surface area contributed by atoms with Crippen LogP contribution in [-0.2, 0) is 0 Å². The lowest BCUT2D eigenvalue weighted by molar-refractivity contribution is 0.102. The lowest BCUT2D eigenvalue weighted by Gasteiger charge is -2.04. The van der Waals surface area contributed by atoms with Crippen LogP contribution in [0.3, 0.4) is 0 Å². The third kappa shape index (κ3) is 3.98. The number of rotatable bonds is 3. The maximum atomic E-state index is 12.0. The number of para-hydroxylation sites is 1. The van der Waals surface area contributed by atoms with Crippen molar-refractivity contribution in [2.24, 2.45) is 0 Å². The van der Waals surface area contributed by atoms with Gasteiger partial charge in [-0.25, -0.2) is 0 Å². The summed E-state index contributed by atoms with van der Waals surface area (Å²) in [6.07, 6.45) is 0.455. The topological polar surface area (TPSA) is 49.3 Å². The molecular weight excluding hydrogens is 250 g/mol. The SMILES string of the molecule is O=C(Nc1ccccc1)c1ccc(C#CCCO)cc1. The molecule has 0 unspecified atom stereocenters. The Bertz CT molecular complexity index is 622. The monoisotopic (exact) mass is 265 g/mol. The fraction of sp³-hybridized carbons (Fsp3) is 0.118. The molecule has 0 fully saturated rings. The minimum Gasteiger partial charge on any atom is -0.395 e. The van der Waals surface area contributed by atoms with E-state index in [4.69, 9.17) is 5.11 Å². The molecule has 2 aromatic carbocycles. The molecule has 2 aromatic rings. The van der Waals surface area contributed by atoms with Gasteiger partial charge in [-0.15, -0.1) is 0 Å². The average Bonchev–Trinajstić information content (AvgIpc) is 2.49. The number of nitrogens with one attached hydrogen (secondary N) is 1. The van der Waals surface area contributed by atoms with Crippen LogP contribution in [-0.4, -0.2) is 17.6 Å². The fourth-order valence-electron chi connectivity index (χ4n) is 1.65. The van der Waals surface area contributed by atoms with Crippen LogP contribution in [0.25, 0.3) is 0 Å². The highest BCUT2D eigenvalue weighted by molar-refractivity contribution is 6.04. The van der Waals surface area contributed by atoms with Crippen molar-refractivity contribution in [2.45, 2.75) is 6.42 Å². The molecule has 2 N–H and O–H groups in total. The van der Waals surface area contributed by atoms with Crippen molar-refractivity contribution < 1.29 is 9.90 Å². The van der Waals surface area contributed by atoms with Crippen molar-refractivity contribution >= 4 is 11.6 Å². The van der Waals surface area contributed by atoms with E-state index in [0.717, 1.165) is 11.3 Å². The molecule has 3 nitrogen and oxygen atoms in total. The van der Waals surface area contributed by atoms with Gasteiger partial charge in [-0.3, -0.25) is 4.79 Å².